The van der Waals surface area contributed by atoms with Crippen molar-refractivity contribution in [2.24, 2.45) is 17.2 Å². The molecule has 0 bridgehead atoms. The van der Waals surface area contributed by atoms with Crippen molar-refractivity contribution < 1.29 is 24.6 Å². The average Bonchev–Trinajstić information content (AvgIpc) is 3.02. The molecule has 8 heteroatoms. The second-order valence-corrected chi connectivity index (χ2v) is 8.18. The van der Waals surface area contributed by atoms with Gasteiger partial charge in [0.1, 0.15) is 17.9 Å². The van der Waals surface area contributed by atoms with Gasteiger partial charge in [0.15, 0.2) is 0 Å². The number of hydrogen-bond acceptors (Lipinski definition) is 6. The third-order valence-corrected chi connectivity index (χ3v) is 5.05. The van der Waals surface area contributed by atoms with Gasteiger partial charge in [-0.2, -0.15) is 0 Å². The van der Waals surface area contributed by atoms with Gasteiger partial charge >= 0.3 is 11.9 Å². The van der Waals surface area contributed by atoms with Crippen LogP contribution in [0.4, 0.5) is 0 Å². The van der Waals surface area contributed by atoms with Crippen LogP contribution in [-0.2, 0) is 33.6 Å². The van der Waals surface area contributed by atoms with E-state index in [0.717, 1.165) is 16.7 Å². The van der Waals surface area contributed by atoms with Crippen LogP contribution in [0, 0.1) is 0 Å². The van der Waals surface area contributed by atoms with Gasteiger partial charge in [0.25, 0.3) is 0 Å². The Balaban J connectivity index is -0.000000497. The van der Waals surface area contributed by atoms with Gasteiger partial charge in [-0.15, -0.1) is 0 Å². The number of Topliss-reactive ketones (excluding diaryl/α,β-unsaturated/α-hetero) is 1. The highest BCUT2D eigenvalue weighted by Crippen LogP contribution is 2.03. The Kier molecular flexibility index (Phi) is 29.1. The highest BCUT2D eigenvalue weighted by Gasteiger charge is 2.12. The van der Waals surface area contributed by atoms with Crippen LogP contribution in [-0.4, -0.2) is 46.1 Å². The fourth-order valence-corrected chi connectivity index (χ4v) is 2.92. The first-order valence-corrected chi connectivity index (χ1v) is 14.4. The van der Waals surface area contributed by atoms with E-state index in [1.807, 2.05) is 133 Å². The molecular weight excluding hydrogens is 530 g/mol. The standard InChI is InChI=1S/C10H13NO.2C9H11NO2.3C2H6/c1-8(12)10(11)7-9-5-3-2-4-6-9;2*10-8(9(11)12)6-7-4-2-1-3-5-7;3*1-2/h2-6,10H,7,11H2,1H3;2*1-5,8H,6,10H2,(H,11,12);3*1-2H3/t10-;8-;;;;/m10..../s1. The summed E-state index contributed by atoms with van der Waals surface area (Å²) in [6, 6.07) is 26.5. The van der Waals surface area contributed by atoms with Crippen LogP contribution >= 0.6 is 0 Å². The largest absolute Gasteiger partial charge is 0.480 e. The summed E-state index contributed by atoms with van der Waals surface area (Å²) in [5.41, 5.74) is 19.3. The van der Waals surface area contributed by atoms with Gasteiger partial charge in [0.2, 0.25) is 0 Å². The molecule has 3 rings (SSSR count). The van der Waals surface area contributed by atoms with Gasteiger partial charge in [-0.1, -0.05) is 133 Å². The summed E-state index contributed by atoms with van der Waals surface area (Å²) in [4.78, 5) is 31.6. The number of benzene rings is 3. The van der Waals surface area contributed by atoms with Crippen LogP contribution < -0.4 is 17.2 Å². The molecule has 0 saturated heterocycles. The number of carboxylic acid groups (broad SMARTS) is 2. The van der Waals surface area contributed by atoms with Gasteiger partial charge in [-0.25, -0.2) is 0 Å². The van der Waals surface area contributed by atoms with Crippen molar-refractivity contribution in [3.63, 3.8) is 0 Å². The van der Waals surface area contributed by atoms with Crippen molar-refractivity contribution >= 4 is 17.7 Å². The topological polar surface area (TPSA) is 170 Å². The summed E-state index contributed by atoms with van der Waals surface area (Å²) in [5.74, 6) is -1.88. The van der Waals surface area contributed by atoms with Gasteiger partial charge in [-0.3, -0.25) is 14.4 Å². The molecule has 8 nitrogen and oxygen atoms in total. The Bertz CT molecular complexity index is 912. The van der Waals surface area contributed by atoms with E-state index in [2.05, 4.69) is 0 Å². The number of carbonyl (C=O) groups excluding carboxylic acids is 1. The maximum atomic E-state index is 10.8. The molecule has 3 aromatic carbocycles. The quantitative estimate of drug-likeness (QED) is 0.220. The van der Waals surface area contributed by atoms with Crippen molar-refractivity contribution in [3.8, 4) is 0 Å². The Labute approximate surface area is 253 Å². The number of aliphatic carboxylic acids is 2. The van der Waals surface area contributed by atoms with Crippen LogP contribution in [0.1, 0.15) is 65.2 Å². The molecule has 0 radical (unpaired) electrons. The molecule has 0 saturated carbocycles. The monoisotopic (exact) mass is 583 g/mol. The normalized spacial score (nSPS) is 11.1. The fourth-order valence-electron chi connectivity index (χ4n) is 2.92. The van der Waals surface area contributed by atoms with E-state index in [0.29, 0.717) is 19.3 Å². The third-order valence-electron chi connectivity index (χ3n) is 5.05. The molecule has 0 amide bonds. The Morgan fingerprint density at radius 1 is 0.500 bits per heavy atom. The lowest BCUT2D eigenvalue weighted by molar-refractivity contribution is -0.139. The number of carbonyl (C=O) groups is 3. The second kappa shape index (κ2) is 28.7. The number of carboxylic acids is 2. The summed E-state index contributed by atoms with van der Waals surface area (Å²) in [6.07, 6.45) is 1.41. The first kappa shape index (κ1) is 42.6. The predicted molar refractivity (Wildman–Crippen MR) is 174 cm³/mol. The SMILES string of the molecule is CC.CC.CC.CC(=O)[C@H](N)Cc1ccccc1.NC(Cc1ccccc1)C(=O)O.N[C@@H](Cc1ccccc1)C(=O)O. The van der Waals surface area contributed by atoms with E-state index in [-0.39, 0.29) is 11.8 Å². The second-order valence-electron chi connectivity index (χ2n) is 8.18. The van der Waals surface area contributed by atoms with Crippen molar-refractivity contribution in [3.05, 3.63) is 108 Å². The van der Waals surface area contributed by atoms with Crippen molar-refractivity contribution in [1.82, 2.24) is 0 Å². The minimum atomic E-state index is -0.959. The molecule has 3 atom stereocenters. The van der Waals surface area contributed by atoms with Crippen LogP contribution in [0.25, 0.3) is 0 Å². The van der Waals surface area contributed by atoms with Crippen molar-refractivity contribution in [2.45, 2.75) is 85.9 Å². The molecule has 0 heterocycles. The van der Waals surface area contributed by atoms with Gasteiger partial charge in [0.05, 0.1) is 6.04 Å². The molecule has 3 aromatic rings. The zero-order valence-corrected chi connectivity index (χ0v) is 26.4. The molecule has 0 spiro atoms. The van der Waals surface area contributed by atoms with E-state index in [1.165, 1.54) is 6.92 Å². The van der Waals surface area contributed by atoms with Gasteiger partial charge in [0, 0.05) is 0 Å². The maximum Gasteiger partial charge on any atom is 0.320 e. The van der Waals surface area contributed by atoms with E-state index >= 15 is 0 Å². The Morgan fingerprint density at radius 2 is 0.714 bits per heavy atom. The first-order chi connectivity index (χ1) is 20.1. The van der Waals surface area contributed by atoms with Crippen molar-refractivity contribution in [2.75, 3.05) is 0 Å². The molecule has 0 aliphatic heterocycles. The molecule has 0 aliphatic carbocycles. The lowest BCUT2D eigenvalue weighted by atomic mass is 10.0. The summed E-state index contributed by atoms with van der Waals surface area (Å²) >= 11 is 0. The van der Waals surface area contributed by atoms with Gasteiger partial charge < -0.3 is 27.4 Å². The molecular formula is C34H53N3O5. The molecule has 0 aromatic heterocycles. The smallest absolute Gasteiger partial charge is 0.320 e. The summed E-state index contributed by atoms with van der Waals surface area (Å²) in [5, 5.41) is 17.0. The molecule has 1 unspecified atom stereocenters. The van der Waals surface area contributed by atoms with Crippen LogP contribution in [0.3, 0.4) is 0 Å². The highest BCUT2D eigenvalue weighted by atomic mass is 16.4. The van der Waals surface area contributed by atoms with E-state index in [9.17, 15) is 14.4 Å². The molecule has 42 heavy (non-hydrogen) atoms. The lowest BCUT2D eigenvalue weighted by Gasteiger charge is -2.06. The average molecular weight is 584 g/mol. The molecule has 0 aliphatic rings. The van der Waals surface area contributed by atoms with Crippen LogP contribution in [0.5, 0.6) is 0 Å². The lowest BCUT2D eigenvalue weighted by Crippen LogP contribution is -2.32. The van der Waals surface area contributed by atoms with Gasteiger partial charge in [-0.05, 0) is 42.9 Å². The Hall–Kier alpha value is -3.85. The molecule has 8 N–H and O–H groups in total. The Morgan fingerprint density at radius 3 is 0.905 bits per heavy atom. The fraction of sp³-hybridized carbons (Fsp3) is 0.382. The summed E-state index contributed by atoms with van der Waals surface area (Å²) < 4.78 is 0. The number of nitrogens with two attached hydrogens (primary N) is 3. The predicted octanol–water partition coefficient (Wildman–Crippen LogP) is 5.51. The zero-order valence-electron chi connectivity index (χ0n) is 26.4. The number of rotatable bonds is 9. The van der Waals surface area contributed by atoms with Crippen LogP contribution in [0.2, 0.25) is 0 Å². The van der Waals surface area contributed by atoms with E-state index in [1.54, 1.807) is 0 Å². The third kappa shape index (κ3) is 22.9. The molecule has 234 valence electrons. The number of hydrogen-bond donors (Lipinski definition) is 5. The maximum absolute atomic E-state index is 10.8. The minimum Gasteiger partial charge on any atom is -0.480 e. The van der Waals surface area contributed by atoms with E-state index < -0.39 is 24.0 Å². The number of ketones is 1. The van der Waals surface area contributed by atoms with E-state index in [4.69, 9.17) is 27.4 Å². The molecule has 0 fully saturated rings. The van der Waals surface area contributed by atoms with Crippen molar-refractivity contribution in [1.29, 1.82) is 0 Å². The zero-order chi connectivity index (χ0) is 32.9. The van der Waals surface area contributed by atoms with Crippen LogP contribution in [0.15, 0.2) is 91.0 Å². The highest BCUT2D eigenvalue weighted by molar-refractivity contribution is 5.81. The summed E-state index contributed by atoms with van der Waals surface area (Å²) in [7, 11) is 0. The minimum absolute atomic E-state index is 0.0406. The first-order valence-electron chi connectivity index (χ1n) is 14.4. The summed E-state index contributed by atoms with van der Waals surface area (Å²) in [6.45, 7) is 13.5.